The molecule has 1 atom stereocenters. The molecule has 6 heteroatoms. The van der Waals surface area contributed by atoms with E-state index in [4.69, 9.17) is 0 Å². The first-order valence-electron chi connectivity index (χ1n) is 8.70. The Morgan fingerprint density at radius 2 is 2.12 bits per heavy atom. The summed E-state index contributed by atoms with van der Waals surface area (Å²) in [6.07, 6.45) is 3.27. The van der Waals surface area contributed by atoms with Crippen molar-refractivity contribution in [2.24, 2.45) is 0 Å². The maximum atomic E-state index is 11.2. The lowest BCUT2D eigenvalue weighted by molar-refractivity contribution is -0.122. The number of fused-ring (bicyclic) bond motifs is 1. The zero-order chi connectivity index (χ0) is 17.2. The molecule has 2 aliphatic rings. The van der Waals surface area contributed by atoms with Crippen LogP contribution in [0.5, 0.6) is 0 Å². The molecule has 0 saturated carbocycles. The number of benzene rings is 1. The van der Waals surface area contributed by atoms with Gasteiger partial charge in [-0.05, 0) is 43.4 Å². The van der Waals surface area contributed by atoms with Crippen LogP contribution in [0.4, 0.5) is 0 Å². The van der Waals surface area contributed by atoms with Crippen molar-refractivity contribution in [2.75, 3.05) is 13.1 Å². The summed E-state index contributed by atoms with van der Waals surface area (Å²) in [6, 6.07) is 8.14. The van der Waals surface area contributed by atoms with Crippen molar-refractivity contribution >= 4 is 6.41 Å². The molecule has 0 spiro atoms. The highest BCUT2D eigenvalue weighted by Gasteiger charge is 2.32. The molecule has 2 aliphatic heterocycles. The van der Waals surface area contributed by atoms with E-state index in [1.54, 1.807) is 0 Å². The normalized spacial score (nSPS) is 20.0. The fourth-order valence-electron chi connectivity index (χ4n) is 3.66. The number of aromatic nitrogens is 3. The van der Waals surface area contributed by atoms with Crippen LogP contribution in [0.3, 0.4) is 0 Å². The Hall–Kier alpha value is -2.65. The number of rotatable bonds is 2. The highest BCUT2D eigenvalue weighted by Crippen LogP contribution is 2.23. The highest BCUT2D eigenvalue weighted by atomic mass is 16.1. The van der Waals surface area contributed by atoms with Crippen LogP contribution in [-0.2, 0) is 17.9 Å². The zero-order valence-electron chi connectivity index (χ0n) is 14.4. The molecule has 1 aromatic carbocycles. The molecule has 25 heavy (non-hydrogen) atoms. The quantitative estimate of drug-likeness (QED) is 0.615. The van der Waals surface area contributed by atoms with Crippen LogP contribution in [0.25, 0.3) is 0 Å². The van der Waals surface area contributed by atoms with Crippen molar-refractivity contribution < 1.29 is 4.79 Å². The van der Waals surface area contributed by atoms with E-state index in [9.17, 15) is 4.79 Å². The van der Waals surface area contributed by atoms with Crippen molar-refractivity contribution in [3.05, 3.63) is 47.0 Å². The minimum atomic E-state index is 0.199. The van der Waals surface area contributed by atoms with Gasteiger partial charge >= 0.3 is 0 Å². The summed E-state index contributed by atoms with van der Waals surface area (Å²) in [5, 5.41) is 8.59. The Bertz CT molecular complexity index is 847. The average Bonchev–Trinajstić information content (AvgIpc) is 3.26. The third-order valence-electron chi connectivity index (χ3n) is 4.94. The van der Waals surface area contributed by atoms with E-state index in [0.29, 0.717) is 6.54 Å². The molecule has 128 valence electrons. The van der Waals surface area contributed by atoms with Crippen LogP contribution in [0.2, 0.25) is 0 Å². The monoisotopic (exact) mass is 335 g/mol. The molecule has 2 aromatic rings. The molecular weight excluding hydrogens is 314 g/mol. The molecule has 3 heterocycles. The topological polar surface area (TPSA) is 54.3 Å². The second-order valence-electron chi connectivity index (χ2n) is 6.65. The van der Waals surface area contributed by atoms with Crippen LogP contribution in [0.15, 0.2) is 24.3 Å². The molecule has 4 rings (SSSR count). The number of amides is 1. The Kier molecular flexibility index (Phi) is 4.24. The molecule has 1 fully saturated rings. The Morgan fingerprint density at radius 3 is 2.96 bits per heavy atom. The van der Waals surface area contributed by atoms with E-state index < -0.39 is 0 Å². The van der Waals surface area contributed by atoms with Gasteiger partial charge in [0.15, 0.2) is 0 Å². The Morgan fingerprint density at radius 1 is 1.20 bits per heavy atom. The van der Waals surface area contributed by atoms with Crippen LogP contribution < -0.4 is 0 Å². The van der Waals surface area contributed by atoms with E-state index in [-0.39, 0.29) is 6.17 Å². The number of carbonyl (C=O) groups excluding carboxylic acids is 1. The molecular formula is C19H21N5O. The van der Waals surface area contributed by atoms with E-state index in [0.717, 1.165) is 56.1 Å². The number of hydrogen-bond donors (Lipinski definition) is 0. The minimum Gasteiger partial charge on any atom is -0.329 e. The lowest BCUT2D eigenvalue weighted by atomic mass is 10.1. The molecule has 0 bridgehead atoms. The lowest BCUT2D eigenvalue weighted by Crippen LogP contribution is -2.47. The third-order valence-corrected chi connectivity index (χ3v) is 4.94. The number of aryl methyl sites for hydroxylation is 1. The first kappa shape index (κ1) is 15.9. The van der Waals surface area contributed by atoms with Gasteiger partial charge in [0.05, 0.1) is 12.7 Å². The van der Waals surface area contributed by atoms with E-state index in [1.807, 2.05) is 17.0 Å². The standard InChI is InChI=1S/C19H21N5O/c1-15-4-2-5-16(12-15)7-8-17-20-21-18-13-22(10-11-24(17)18)19-6-3-9-23(19)14-25/h2,4-5,12,14,19H,3,6,9-11,13H2,1H3. The molecule has 0 N–H and O–H groups in total. The summed E-state index contributed by atoms with van der Waals surface area (Å²) < 4.78 is 2.10. The van der Waals surface area contributed by atoms with Crippen molar-refractivity contribution in [1.29, 1.82) is 0 Å². The Labute approximate surface area is 147 Å². The zero-order valence-corrected chi connectivity index (χ0v) is 14.4. The maximum absolute atomic E-state index is 11.2. The summed E-state index contributed by atoms with van der Waals surface area (Å²) >= 11 is 0. The van der Waals surface area contributed by atoms with E-state index in [2.05, 4.69) is 50.6 Å². The smallest absolute Gasteiger partial charge is 0.210 e. The first-order valence-corrected chi connectivity index (χ1v) is 8.70. The highest BCUT2D eigenvalue weighted by molar-refractivity contribution is 5.48. The minimum absolute atomic E-state index is 0.199. The number of hydrogen-bond acceptors (Lipinski definition) is 4. The van der Waals surface area contributed by atoms with E-state index in [1.165, 1.54) is 5.56 Å². The van der Waals surface area contributed by atoms with Crippen molar-refractivity contribution in [3.8, 4) is 11.8 Å². The van der Waals surface area contributed by atoms with Crippen LogP contribution in [-0.4, -0.2) is 50.2 Å². The average molecular weight is 335 g/mol. The van der Waals surface area contributed by atoms with Crippen LogP contribution in [0.1, 0.15) is 35.6 Å². The largest absolute Gasteiger partial charge is 0.329 e. The van der Waals surface area contributed by atoms with Gasteiger partial charge in [0.25, 0.3) is 0 Å². The second-order valence-corrected chi connectivity index (χ2v) is 6.65. The first-order chi connectivity index (χ1) is 12.2. The van der Waals surface area contributed by atoms with Crippen molar-refractivity contribution in [1.82, 2.24) is 24.6 Å². The number of carbonyl (C=O) groups is 1. The number of likely N-dealkylation sites (tertiary alicyclic amines) is 1. The molecule has 1 saturated heterocycles. The Balaban J connectivity index is 1.52. The summed E-state index contributed by atoms with van der Waals surface area (Å²) in [4.78, 5) is 15.4. The third kappa shape index (κ3) is 3.15. The lowest BCUT2D eigenvalue weighted by Gasteiger charge is -2.35. The van der Waals surface area contributed by atoms with Crippen molar-refractivity contribution in [3.63, 3.8) is 0 Å². The van der Waals surface area contributed by atoms with Crippen LogP contribution >= 0.6 is 0 Å². The van der Waals surface area contributed by atoms with Gasteiger partial charge in [0.2, 0.25) is 12.2 Å². The summed E-state index contributed by atoms with van der Waals surface area (Å²) in [7, 11) is 0. The van der Waals surface area contributed by atoms with Crippen LogP contribution in [0, 0.1) is 18.8 Å². The van der Waals surface area contributed by atoms with Crippen molar-refractivity contribution in [2.45, 2.75) is 39.0 Å². The van der Waals surface area contributed by atoms with Gasteiger partial charge in [-0.2, -0.15) is 0 Å². The summed E-state index contributed by atoms with van der Waals surface area (Å²) in [6.45, 7) is 5.32. The predicted octanol–water partition coefficient (Wildman–Crippen LogP) is 1.38. The summed E-state index contributed by atoms with van der Waals surface area (Å²) in [5.74, 6) is 7.98. The van der Waals surface area contributed by atoms with Gasteiger partial charge in [-0.3, -0.25) is 9.69 Å². The molecule has 0 radical (unpaired) electrons. The molecule has 1 aromatic heterocycles. The molecule has 0 aliphatic carbocycles. The van der Waals surface area contributed by atoms with E-state index >= 15 is 0 Å². The SMILES string of the molecule is Cc1cccc(C#Cc2nnc3n2CCN(C2CCCN2C=O)C3)c1. The molecule has 1 unspecified atom stereocenters. The molecule has 1 amide bonds. The number of nitrogens with zero attached hydrogens (tertiary/aromatic N) is 5. The van der Waals surface area contributed by atoms with Gasteiger partial charge in [-0.1, -0.05) is 18.1 Å². The van der Waals surface area contributed by atoms with Gasteiger partial charge in [-0.15, -0.1) is 10.2 Å². The molecule has 6 nitrogen and oxygen atoms in total. The van der Waals surface area contributed by atoms with Gasteiger partial charge in [-0.25, -0.2) is 0 Å². The predicted molar refractivity (Wildman–Crippen MR) is 93.4 cm³/mol. The fraction of sp³-hybridized carbons (Fsp3) is 0.421. The second kappa shape index (κ2) is 6.69. The summed E-state index contributed by atoms with van der Waals surface area (Å²) in [5.41, 5.74) is 2.18. The van der Waals surface area contributed by atoms with Gasteiger partial charge in [0.1, 0.15) is 5.82 Å². The fourth-order valence-corrected chi connectivity index (χ4v) is 3.66. The van der Waals surface area contributed by atoms with Gasteiger partial charge in [0, 0.05) is 25.2 Å². The maximum Gasteiger partial charge on any atom is 0.210 e. The van der Waals surface area contributed by atoms with Gasteiger partial charge < -0.3 is 9.47 Å².